The molecule has 0 amide bonds. The number of Topliss-reactive ketones (excluding diaryl/α,β-unsaturated/α-hetero) is 1. The molecule has 4 aromatic carbocycles. The first-order valence-corrected chi connectivity index (χ1v) is 11.5. The van der Waals surface area contributed by atoms with Crippen LogP contribution >= 0.6 is 6.89 Å². The molecule has 1 nitrogen and oxygen atoms in total. The number of hydrogen-bond donors (Lipinski definition) is 0. The molecular formula is C27H23OP. The Balaban J connectivity index is 2.30. The molecule has 142 valence electrons. The van der Waals surface area contributed by atoms with E-state index >= 15 is 0 Å². The molecule has 0 N–H and O–H groups in total. The topological polar surface area (TPSA) is 17.1 Å². The Bertz CT molecular complexity index is 1040. The van der Waals surface area contributed by atoms with Gasteiger partial charge in [-0.1, -0.05) is 121 Å². The molecule has 0 radical (unpaired) electrons. The lowest BCUT2D eigenvalue weighted by molar-refractivity contribution is -0.110. The van der Waals surface area contributed by atoms with Gasteiger partial charge < -0.3 is 0 Å². The summed E-state index contributed by atoms with van der Waals surface area (Å²) in [6, 6.07) is 41.6. The highest BCUT2D eigenvalue weighted by atomic mass is 31.2. The molecule has 0 heterocycles. The van der Waals surface area contributed by atoms with Gasteiger partial charge in [-0.25, -0.2) is 0 Å². The minimum absolute atomic E-state index is 0.112. The largest absolute Gasteiger partial charge is 0.294 e. The fraction of sp³-hybridized carbons (Fsp3) is 0.0370. The van der Waals surface area contributed by atoms with Crippen LogP contribution in [0.4, 0.5) is 0 Å². The summed E-state index contributed by atoms with van der Waals surface area (Å²) in [6.45, 7) is -0.674. The zero-order valence-corrected chi connectivity index (χ0v) is 17.3. The smallest absolute Gasteiger partial charge is 0.161 e. The van der Waals surface area contributed by atoms with Crippen molar-refractivity contribution in [3.63, 3.8) is 0 Å². The van der Waals surface area contributed by atoms with Crippen molar-refractivity contribution in [1.29, 1.82) is 0 Å². The maximum Gasteiger partial charge on any atom is 0.161 e. The summed E-state index contributed by atoms with van der Waals surface area (Å²) in [4.78, 5) is 13.3. The zero-order chi connectivity index (χ0) is 20.1. The summed E-state index contributed by atoms with van der Waals surface area (Å²) in [6.07, 6.45) is 0. The van der Waals surface area contributed by atoms with Crippen molar-refractivity contribution in [1.82, 2.24) is 0 Å². The molecule has 0 atom stereocenters. The van der Waals surface area contributed by atoms with Gasteiger partial charge in [0, 0.05) is 5.29 Å². The molecule has 0 saturated heterocycles. The Kier molecular flexibility index (Phi) is 5.60. The van der Waals surface area contributed by atoms with Crippen LogP contribution in [0, 0.1) is 0 Å². The molecule has 0 aliphatic heterocycles. The van der Waals surface area contributed by atoms with Crippen LogP contribution in [-0.4, -0.2) is 11.1 Å². The van der Waals surface area contributed by atoms with Gasteiger partial charge in [0.15, 0.2) is 5.78 Å². The van der Waals surface area contributed by atoms with Crippen molar-refractivity contribution in [2.24, 2.45) is 0 Å². The molecule has 0 saturated carbocycles. The molecule has 29 heavy (non-hydrogen) atoms. The molecule has 0 fully saturated rings. The maximum absolute atomic E-state index is 13.3. The second-order valence-electron chi connectivity index (χ2n) is 6.95. The minimum atomic E-state index is -2.37. The fourth-order valence-electron chi connectivity index (χ4n) is 4.02. The Hall–Kier alpha value is -3.15. The van der Waals surface area contributed by atoms with E-state index in [1.54, 1.807) is 6.92 Å². The predicted octanol–water partition coefficient (Wildman–Crippen LogP) is 4.79. The second-order valence-corrected chi connectivity index (χ2v) is 10.3. The number of hydrogen-bond acceptors (Lipinski definition) is 1. The van der Waals surface area contributed by atoms with Gasteiger partial charge in [0.25, 0.3) is 0 Å². The van der Waals surface area contributed by atoms with Gasteiger partial charge >= 0.3 is 0 Å². The van der Waals surface area contributed by atoms with Crippen LogP contribution in [0.1, 0.15) is 12.5 Å². The van der Waals surface area contributed by atoms with Crippen molar-refractivity contribution in [2.45, 2.75) is 6.92 Å². The van der Waals surface area contributed by atoms with E-state index in [0.29, 0.717) is 0 Å². The van der Waals surface area contributed by atoms with Gasteiger partial charge in [0.2, 0.25) is 0 Å². The Morgan fingerprint density at radius 3 is 1.14 bits per heavy atom. The first-order chi connectivity index (χ1) is 14.2. The van der Waals surface area contributed by atoms with Gasteiger partial charge in [-0.3, -0.25) is 4.79 Å². The lowest BCUT2D eigenvalue weighted by Crippen LogP contribution is -2.33. The third kappa shape index (κ3) is 3.50. The number of rotatable bonds is 5. The number of carbonyl (C=O) groups is 1. The predicted molar refractivity (Wildman–Crippen MR) is 126 cm³/mol. The molecule has 4 rings (SSSR count). The monoisotopic (exact) mass is 394 g/mol. The van der Waals surface area contributed by atoms with Crippen LogP contribution in [0.25, 0.3) is 0 Å². The van der Waals surface area contributed by atoms with E-state index in [1.165, 1.54) is 15.9 Å². The van der Waals surface area contributed by atoms with E-state index in [4.69, 9.17) is 0 Å². The Morgan fingerprint density at radius 1 is 0.517 bits per heavy atom. The first kappa shape index (κ1) is 19.2. The van der Waals surface area contributed by atoms with Crippen LogP contribution < -0.4 is 15.9 Å². The highest BCUT2D eigenvalue weighted by Gasteiger charge is 2.32. The normalized spacial score (nSPS) is 11.1. The van der Waals surface area contributed by atoms with Crippen molar-refractivity contribution >= 4 is 33.9 Å². The molecule has 0 bridgehead atoms. The van der Waals surface area contributed by atoms with E-state index in [-0.39, 0.29) is 5.78 Å². The fourth-order valence-corrected chi connectivity index (χ4v) is 8.55. The van der Waals surface area contributed by atoms with E-state index in [9.17, 15) is 4.79 Å². The zero-order valence-electron chi connectivity index (χ0n) is 16.4. The first-order valence-electron chi connectivity index (χ1n) is 9.74. The minimum Gasteiger partial charge on any atom is -0.294 e. The second kappa shape index (κ2) is 8.47. The molecule has 0 aliphatic carbocycles. The third-order valence-corrected chi connectivity index (χ3v) is 9.61. The van der Waals surface area contributed by atoms with Crippen LogP contribution in [0.15, 0.2) is 121 Å². The van der Waals surface area contributed by atoms with E-state index in [1.807, 2.05) is 36.4 Å². The molecule has 4 aromatic rings. The van der Waals surface area contributed by atoms with Gasteiger partial charge in [-0.05, 0) is 35.3 Å². The van der Waals surface area contributed by atoms with Crippen molar-refractivity contribution < 1.29 is 4.79 Å². The molecule has 0 aliphatic rings. The number of benzene rings is 4. The quantitative estimate of drug-likeness (QED) is 0.445. The molecule has 0 unspecified atom stereocenters. The summed E-state index contributed by atoms with van der Waals surface area (Å²) in [5, 5.41) is 4.45. The molecule has 0 spiro atoms. The van der Waals surface area contributed by atoms with Crippen molar-refractivity contribution in [3.05, 3.63) is 127 Å². The van der Waals surface area contributed by atoms with Gasteiger partial charge in [-0.15, -0.1) is 0 Å². The van der Waals surface area contributed by atoms with Gasteiger partial charge in [-0.2, -0.15) is 0 Å². The van der Waals surface area contributed by atoms with Crippen LogP contribution in [-0.2, 0) is 4.79 Å². The van der Waals surface area contributed by atoms with Crippen LogP contribution in [0.5, 0.6) is 0 Å². The van der Waals surface area contributed by atoms with E-state index in [0.717, 1.165) is 10.9 Å². The molecule has 2 heteroatoms. The average Bonchev–Trinajstić information content (AvgIpc) is 2.79. The lowest BCUT2D eigenvalue weighted by Gasteiger charge is -2.32. The third-order valence-electron chi connectivity index (χ3n) is 5.15. The van der Waals surface area contributed by atoms with Crippen molar-refractivity contribution in [3.8, 4) is 0 Å². The maximum atomic E-state index is 13.3. The SMILES string of the molecule is CC(=O)C(c1ccccc1)=P(c1ccccc1)(c1ccccc1)c1ccccc1. The molecular weight excluding hydrogens is 371 g/mol. The Morgan fingerprint density at radius 2 is 0.828 bits per heavy atom. The van der Waals surface area contributed by atoms with Gasteiger partial charge in [0.05, 0.1) is 0 Å². The van der Waals surface area contributed by atoms with E-state index in [2.05, 4.69) is 84.9 Å². The summed E-state index contributed by atoms with van der Waals surface area (Å²) in [5.41, 5.74) is 0.991. The van der Waals surface area contributed by atoms with Gasteiger partial charge in [0.1, 0.15) is 0 Å². The highest BCUT2D eigenvalue weighted by Crippen LogP contribution is 2.47. The summed E-state index contributed by atoms with van der Waals surface area (Å²) < 4.78 is 0. The number of carbonyl (C=O) groups excluding carboxylic acids is 1. The molecule has 0 aromatic heterocycles. The average molecular weight is 394 g/mol. The van der Waals surface area contributed by atoms with Crippen LogP contribution in [0.2, 0.25) is 0 Å². The Labute approximate surface area is 172 Å². The summed E-state index contributed by atoms with van der Waals surface area (Å²) in [5.74, 6) is 0.112. The van der Waals surface area contributed by atoms with Crippen LogP contribution in [0.3, 0.4) is 0 Å². The van der Waals surface area contributed by atoms with Crippen molar-refractivity contribution in [2.75, 3.05) is 0 Å². The standard InChI is InChI=1S/C27H23OP/c1-22(28)27(23-14-6-2-7-15-23)29(24-16-8-3-9-17-24,25-18-10-4-11-19-25)26-20-12-5-13-21-26/h2-21H,1H3. The van der Waals surface area contributed by atoms with E-state index < -0.39 is 6.89 Å². The summed E-state index contributed by atoms with van der Waals surface area (Å²) >= 11 is 0. The highest BCUT2D eigenvalue weighted by molar-refractivity contribution is 7.96. The summed E-state index contributed by atoms with van der Waals surface area (Å²) in [7, 11) is 0. The number of ketones is 1. The lowest BCUT2D eigenvalue weighted by atomic mass is 10.1.